The van der Waals surface area contributed by atoms with Crippen LogP contribution in [-0.2, 0) is 17.8 Å². The number of nitrogens with one attached hydrogen (secondary N) is 3. The summed E-state index contributed by atoms with van der Waals surface area (Å²) in [6.07, 6.45) is 0.948. The summed E-state index contributed by atoms with van der Waals surface area (Å²) in [4.78, 5) is 15.8. The lowest BCUT2D eigenvalue weighted by atomic mass is 10.1. The first-order chi connectivity index (χ1) is 12.2. The zero-order valence-corrected chi connectivity index (χ0v) is 17.6. The molecule has 0 aliphatic rings. The van der Waals surface area contributed by atoms with Crippen molar-refractivity contribution in [2.75, 3.05) is 18.4 Å². The van der Waals surface area contributed by atoms with Crippen molar-refractivity contribution in [1.29, 1.82) is 0 Å². The van der Waals surface area contributed by atoms with Crippen LogP contribution in [0.3, 0.4) is 0 Å². The van der Waals surface area contributed by atoms with Gasteiger partial charge in [-0.15, -0.1) is 24.0 Å². The Balaban J connectivity index is 0.00000338. The highest BCUT2D eigenvalue weighted by Crippen LogP contribution is 2.11. The van der Waals surface area contributed by atoms with E-state index in [1.165, 1.54) is 12.5 Å². The third kappa shape index (κ3) is 8.33. The summed E-state index contributed by atoms with van der Waals surface area (Å²) in [5, 5.41) is 9.40. The molecule has 0 unspecified atom stereocenters. The molecule has 0 aromatic heterocycles. The molecular weight excluding hydrogens is 439 g/mol. The minimum absolute atomic E-state index is 0. The summed E-state index contributed by atoms with van der Waals surface area (Å²) in [6, 6.07) is 18.1. The van der Waals surface area contributed by atoms with E-state index in [1.807, 2.05) is 37.3 Å². The second kappa shape index (κ2) is 12.3. The van der Waals surface area contributed by atoms with Gasteiger partial charge in [0.2, 0.25) is 5.91 Å². The number of aliphatic imine (C=N–C) groups is 1. The Kier molecular flexibility index (Phi) is 10.4. The topological polar surface area (TPSA) is 65.5 Å². The SMILES string of the molecule is CCNC(=NCc1cccc(NC(C)=O)c1)NCCc1ccccc1.I. The van der Waals surface area contributed by atoms with Crippen molar-refractivity contribution >= 4 is 41.5 Å². The molecule has 0 heterocycles. The van der Waals surface area contributed by atoms with E-state index in [2.05, 4.69) is 45.2 Å². The molecule has 0 atom stereocenters. The fourth-order valence-corrected chi connectivity index (χ4v) is 2.43. The molecule has 0 saturated heterocycles. The predicted octanol–water partition coefficient (Wildman–Crippen LogP) is 3.56. The number of hydrogen-bond acceptors (Lipinski definition) is 2. The van der Waals surface area contributed by atoms with E-state index in [4.69, 9.17) is 0 Å². The predicted molar refractivity (Wildman–Crippen MR) is 119 cm³/mol. The molecule has 3 N–H and O–H groups in total. The maximum atomic E-state index is 11.2. The smallest absolute Gasteiger partial charge is 0.221 e. The van der Waals surface area contributed by atoms with Gasteiger partial charge in [-0.3, -0.25) is 4.79 Å². The van der Waals surface area contributed by atoms with Crippen molar-refractivity contribution in [3.8, 4) is 0 Å². The van der Waals surface area contributed by atoms with Gasteiger partial charge in [0.05, 0.1) is 6.54 Å². The van der Waals surface area contributed by atoms with Crippen LogP contribution in [0.4, 0.5) is 5.69 Å². The van der Waals surface area contributed by atoms with Crippen molar-refractivity contribution in [3.63, 3.8) is 0 Å². The van der Waals surface area contributed by atoms with Gasteiger partial charge in [0.25, 0.3) is 0 Å². The molecule has 2 rings (SSSR count). The summed E-state index contributed by atoms with van der Waals surface area (Å²) in [7, 11) is 0. The van der Waals surface area contributed by atoms with Crippen LogP contribution in [0.25, 0.3) is 0 Å². The van der Waals surface area contributed by atoms with E-state index in [-0.39, 0.29) is 29.9 Å². The minimum Gasteiger partial charge on any atom is -0.357 e. The first kappa shape index (κ1) is 22.0. The lowest BCUT2D eigenvalue weighted by Gasteiger charge is -2.11. The molecule has 0 bridgehead atoms. The fraction of sp³-hybridized carbons (Fsp3) is 0.300. The van der Waals surface area contributed by atoms with Crippen molar-refractivity contribution < 1.29 is 4.79 Å². The van der Waals surface area contributed by atoms with Gasteiger partial charge in [-0.2, -0.15) is 0 Å². The average Bonchev–Trinajstić information content (AvgIpc) is 2.60. The van der Waals surface area contributed by atoms with Gasteiger partial charge in [0, 0.05) is 25.7 Å². The van der Waals surface area contributed by atoms with Crippen LogP contribution in [0.2, 0.25) is 0 Å². The Morgan fingerprint density at radius 1 is 1.00 bits per heavy atom. The minimum atomic E-state index is -0.0726. The monoisotopic (exact) mass is 466 g/mol. The number of guanidine groups is 1. The quantitative estimate of drug-likeness (QED) is 0.332. The maximum absolute atomic E-state index is 11.2. The molecule has 5 nitrogen and oxygen atoms in total. The average molecular weight is 466 g/mol. The molecule has 0 fully saturated rings. The third-order valence-corrected chi connectivity index (χ3v) is 3.56. The molecule has 0 spiro atoms. The highest BCUT2D eigenvalue weighted by molar-refractivity contribution is 14.0. The van der Waals surface area contributed by atoms with Gasteiger partial charge >= 0.3 is 0 Å². The second-order valence-corrected chi connectivity index (χ2v) is 5.74. The number of carbonyl (C=O) groups is 1. The van der Waals surface area contributed by atoms with Crippen molar-refractivity contribution in [2.24, 2.45) is 4.99 Å². The normalized spacial score (nSPS) is 10.6. The molecule has 140 valence electrons. The Hall–Kier alpha value is -2.09. The molecule has 0 radical (unpaired) electrons. The highest BCUT2D eigenvalue weighted by atomic mass is 127. The summed E-state index contributed by atoms with van der Waals surface area (Å²) < 4.78 is 0. The molecule has 0 aliphatic heterocycles. The van der Waals surface area contributed by atoms with Gasteiger partial charge in [-0.05, 0) is 36.6 Å². The van der Waals surface area contributed by atoms with Gasteiger partial charge in [-0.1, -0.05) is 42.5 Å². The number of hydrogen-bond donors (Lipinski definition) is 3. The molecular formula is C20H27IN4O. The van der Waals surface area contributed by atoms with Crippen LogP contribution >= 0.6 is 24.0 Å². The van der Waals surface area contributed by atoms with E-state index in [0.717, 1.165) is 36.7 Å². The van der Waals surface area contributed by atoms with Crippen LogP contribution in [0, 0.1) is 0 Å². The van der Waals surface area contributed by atoms with E-state index in [0.29, 0.717) is 6.54 Å². The number of benzene rings is 2. The number of amides is 1. The largest absolute Gasteiger partial charge is 0.357 e. The molecule has 6 heteroatoms. The van der Waals surface area contributed by atoms with Gasteiger partial charge in [-0.25, -0.2) is 4.99 Å². The lowest BCUT2D eigenvalue weighted by molar-refractivity contribution is -0.114. The number of carbonyl (C=O) groups excluding carboxylic acids is 1. The number of rotatable bonds is 7. The Morgan fingerprint density at radius 3 is 2.42 bits per heavy atom. The maximum Gasteiger partial charge on any atom is 0.221 e. The molecule has 26 heavy (non-hydrogen) atoms. The molecule has 1 amide bonds. The van der Waals surface area contributed by atoms with Crippen LogP contribution in [0.15, 0.2) is 59.6 Å². The number of nitrogens with zero attached hydrogens (tertiary/aromatic N) is 1. The van der Waals surface area contributed by atoms with Crippen LogP contribution in [0.5, 0.6) is 0 Å². The highest BCUT2D eigenvalue weighted by Gasteiger charge is 2.00. The molecule has 2 aromatic carbocycles. The Bertz CT molecular complexity index is 704. The van der Waals surface area contributed by atoms with E-state index in [9.17, 15) is 4.79 Å². The summed E-state index contributed by atoms with van der Waals surface area (Å²) in [6.45, 7) is 5.73. The van der Waals surface area contributed by atoms with E-state index < -0.39 is 0 Å². The lowest BCUT2D eigenvalue weighted by Crippen LogP contribution is -2.38. The zero-order chi connectivity index (χ0) is 17.9. The van der Waals surface area contributed by atoms with Crippen molar-refractivity contribution in [3.05, 3.63) is 65.7 Å². The van der Waals surface area contributed by atoms with Crippen LogP contribution in [0.1, 0.15) is 25.0 Å². The van der Waals surface area contributed by atoms with E-state index >= 15 is 0 Å². The summed E-state index contributed by atoms with van der Waals surface area (Å²) in [5.74, 6) is 0.722. The fourth-order valence-electron chi connectivity index (χ4n) is 2.43. The van der Waals surface area contributed by atoms with Crippen molar-refractivity contribution in [1.82, 2.24) is 10.6 Å². The molecule has 0 aliphatic carbocycles. The van der Waals surface area contributed by atoms with Gasteiger partial charge < -0.3 is 16.0 Å². The number of anilines is 1. The zero-order valence-electron chi connectivity index (χ0n) is 15.3. The third-order valence-electron chi connectivity index (χ3n) is 3.56. The first-order valence-corrected chi connectivity index (χ1v) is 8.60. The second-order valence-electron chi connectivity index (χ2n) is 5.74. The van der Waals surface area contributed by atoms with Gasteiger partial charge in [0.1, 0.15) is 0 Å². The first-order valence-electron chi connectivity index (χ1n) is 8.60. The molecule has 0 saturated carbocycles. The summed E-state index contributed by atoms with van der Waals surface area (Å²) in [5.41, 5.74) is 3.14. The van der Waals surface area contributed by atoms with Crippen LogP contribution < -0.4 is 16.0 Å². The standard InChI is InChI=1S/C20H26N4O.HI/c1-3-21-20(22-13-12-17-8-5-4-6-9-17)23-15-18-10-7-11-19(14-18)24-16(2)25;/h4-11,14H,3,12-13,15H2,1-2H3,(H,24,25)(H2,21,22,23);1H. The van der Waals surface area contributed by atoms with Gasteiger partial charge in [0.15, 0.2) is 5.96 Å². The van der Waals surface area contributed by atoms with Crippen LogP contribution in [-0.4, -0.2) is 25.0 Å². The Labute approximate surface area is 172 Å². The van der Waals surface area contributed by atoms with Crippen molar-refractivity contribution in [2.45, 2.75) is 26.8 Å². The van der Waals surface area contributed by atoms with E-state index in [1.54, 1.807) is 0 Å². The summed E-state index contributed by atoms with van der Waals surface area (Å²) >= 11 is 0. The Morgan fingerprint density at radius 2 is 1.73 bits per heavy atom. The molecule has 2 aromatic rings. The number of halogens is 1.